The van der Waals surface area contributed by atoms with Crippen LogP contribution in [0.4, 0.5) is 0 Å². The first-order valence-corrected chi connectivity index (χ1v) is 8.46. The lowest BCUT2D eigenvalue weighted by Gasteiger charge is -2.22. The topological polar surface area (TPSA) is 0 Å². The van der Waals surface area contributed by atoms with Crippen LogP contribution in [-0.4, -0.2) is 0 Å². The predicted molar refractivity (Wildman–Crippen MR) is 93.5 cm³/mol. The minimum absolute atomic E-state index is 0.928. The van der Waals surface area contributed by atoms with Crippen LogP contribution in [-0.2, 0) is 0 Å². The maximum absolute atomic E-state index is 2.50. The van der Waals surface area contributed by atoms with E-state index in [1.165, 1.54) is 60.4 Å². The van der Waals surface area contributed by atoms with Gasteiger partial charge in [-0.3, -0.25) is 0 Å². The van der Waals surface area contributed by atoms with Crippen molar-refractivity contribution in [3.05, 3.63) is 53.6 Å². The third kappa shape index (κ3) is 3.37. The fraction of sp³-hybridized carbons (Fsp3) is 0.429. The molecule has 0 amide bonds. The van der Waals surface area contributed by atoms with Crippen molar-refractivity contribution in [1.82, 2.24) is 0 Å². The summed E-state index contributed by atoms with van der Waals surface area (Å²) >= 11 is 0. The first-order chi connectivity index (χ1) is 10.3. The first kappa shape index (κ1) is 14.4. The van der Waals surface area contributed by atoms with Crippen LogP contribution in [0.2, 0.25) is 0 Å². The van der Waals surface area contributed by atoms with Crippen molar-refractivity contribution in [3.63, 3.8) is 0 Å². The third-order valence-corrected chi connectivity index (χ3v) is 4.85. The molecule has 0 bridgehead atoms. The van der Waals surface area contributed by atoms with Gasteiger partial charge in [-0.25, -0.2) is 0 Å². The largest absolute Gasteiger partial charge is 0.0804 e. The van der Waals surface area contributed by atoms with Gasteiger partial charge in [-0.2, -0.15) is 0 Å². The summed E-state index contributed by atoms with van der Waals surface area (Å²) in [7, 11) is 0. The molecule has 0 saturated heterocycles. The quantitative estimate of drug-likeness (QED) is 0.597. The minimum atomic E-state index is 0.928. The maximum atomic E-state index is 2.50. The monoisotopic (exact) mass is 278 g/mol. The summed E-state index contributed by atoms with van der Waals surface area (Å²) in [5, 5.41) is 2.73. The Morgan fingerprint density at radius 2 is 1.86 bits per heavy atom. The average Bonchev–Trinajstić information content (AvgIpc) is 2.53. The van der Waals surface area contributed by atoms with Crippen LogP contribution in [0.3, 0.4) is 0 Å². The molecular formula is C21H26. The van der Waals surface area contributed by atoms with Crippen LogP contribution in [0.5, 0.6) is 0 Å². The normalized spacial score (nSPS) is 18.8. The molecule has 0 nitrogen and oxygen atoms in total. The fourth-order valence-corrected chi connectivity index (χ4v) is 3.47. The minimum Gasteiger partial charge on any atom is -0.0804 e. The van der Waals surface area contributed by atoms with Gasteiger partial charge in [0.25, 0.3) is 0 Å². The molecule has 0 heterocycles. The van der Waals surface area contributed by atoms with Crippen molar-refractivity contribution in [2.75, 3.05) is 0 Å². The second-order valence-corrected chi connectivity index (χ2v) is 6.58. The second-order valence-electron chi connectivity index (χ2n) is 6.58. The number of fused-ring (bicyclic) bond motifs is 1. The molecule has 0 spiro atoms. The Hall–Kier alpha value is -1.56. The number of aryl methyl sites for hydroxylation is 1. The van der Waals surface area contributed by atoms with Crippen molar-refractivity contribution in [2.24, 2.45) is 5.92 Å². The zero-order valence-electron chi connectivity index (χ0n) is 13.4. The highest BCUT2D eigenvalue weighted by Crippen LogP contribution is 2.33. The first-order valence-electron chi connectivity index (χ1n) is 8.46. The van der Waals surface area contributed by atoms with Crippen molar-refractivity contribution in [3.8, 4) is 0 Å². The summed E-state index contributed by atoms with van der Waals surface area (Å²) < 4.78 is 0. The molecule has 0 radical (unpaired) electrons. The number of benzene rings is 2. The van der Waals surface area contributed by atoms with Crippen LogP contribution >= 0.6 is 0 Å². The van der Waals surface area contributed by atoms with Gasteiger partial charge in [0.05, 0.1) is 0 Å². The Morgan fingerprint density at radius 3 is 2.62 bits per heavy atom. The Morgan fingerprint density at radius 1 is 1.05 bits per heavy atom. The smallest absolute Gasteiger partial charge is 0.0178 e. The molecule has 110 valence electrons. The van der Waals surface area contributed by atoms with Gasteiger partial charge in [0.1, 0.15) is 0 Å². The van der Waals surface area contributed by atoms with E-state index in [1.807, 2.05) is 0 Å². The molecule has 21 heavy (non-hydrogen) atoms. The molecule has 1 aliphatic rings. The van der Waals surface area contributed by atoms with Crippen molar-refractivity contribution in [2.45, 2.75) is 52.4 Å². The average molecular weight is 278 g/mol. The fourth-order valence-electron chi connectivity index (χ4n) is 3.47. The van der Waals surface area contributed by atoms with Crippen LogP contribution in [0, 0.1) is 12.8 Å². The number of hydrogen-bond donors (Lipinski definition) is 0. The van der Waals surface area contributed by atoms with Crippen LogP contribution in [0.15, 0.2) is 42.5 Å². The van der Waals surface area contributed by atoms with Gasteiger partial charge in [-0.05, 0) is 60.1 Å². The van der Waals surface area contributed by atoms with Crippen LogP contribution in [0.25, 0.3) is 16.3 Å². The molecule has 0 aromatic heterocycles. The molecule has 3 rings (SSSR count). The standard InChI is InChI=1S/C21H26/c1-3-4-5-17-7-10-18(11-8-17)20-13-12-19-14-16(2)6-9-21(19)15-20/h6,9-10,12-15,17H,3-5,7-8,11H2,1-2H3. The van der Waals surface area contributed by atoms with Gasteiger partial charge in [0.15, 0.2) is 0 Å². The number of hydrogen-bond acceptors (Lipinski definition) is 0. The summed E-state index contributed by atoms with van der Waals surface area (Å²) in [5.41, 5.74) is 4.33. The molecule has 1 aliphatic carbocycles. The van der Waals surface area contributed by atoms with Crippen LogP contribution in [0.1, 0.15) is 56.6 Å². The molecule has 2 aromatic carbocycles. The summed E-state index contributed by atoms with van der Waals surface area (Å²) in [6, 6.07) is 13.7. The van der Waals surface area contributed by atoms with E-state index in [0.717, 1.165) is 5.92 Å². The van der Waals surface area contributed by atoms with E-state index in [4.69, 9.17) is 0 Å². The van der Waals surface area contributed by atoms with E-state index < -0.39 is 0 Å². The molecule has 0 heteroatoms. The highest BCUT2D eigenvalue weighted by molar-refractivity contribution is 5.87. The summed E-state index contributed by atoms with van der Waals surface area (Å²) in [6.45, 7) is 4.45. The van der Waals surface area contributed by atoms with E-state index in [-0.39, 0.29) is 0 Å². The van der Waals surface area contributed by atoms with Gasteiger partial charge in [-0.15, -0.1) is 0 Å². The van der Waals surface area contributed by atoms with Crippen molar-refractivity contribution < 1.29 is 0 Å². The van der Waals surface area contributed by atoms with E-state index >= 15 is 0 Å². The Kier molecular flexibility index (Phi) is 4.43. The molecule has 0 fully saturated rings. The van der Waals surface area contributed by atoms with Crippen molar-refractivity contribution >= 4 is 16.3 Å². The molecule has 0 aliphatic heterocycles. The maximum Gasteiger partial charge on any atom is -0.0178 e. The van der Waals surface area contributed by atoms with E-state index in [0.29, 0.717) is 0 Å². The molecule has 0 N–H and O–H groups in total. The Bertz CT molecular complexity index is 648. The highest BCUT2D eigenvalue weighted by atomic mass is 14.2. The highest BCUT2D eigenvalue weighted by Gasteiger charge is 2.15. The number of rotatable bonds is 4. The molecule has 0 saturated carbocycles. The van der Waals surface area contributed by atoms with Gasteiger partial charge in [0.2, 0.25) is 0 Å². The van der Waals surface area contributed by atoms with Gasteiger partial charge in [0, 0.05) is 0 Å². The van der Waals surface area contributed by atoms with E-state index in [9.17, 15) is 0 Å². The van der Waals surface area contributed by atoms with Crippen molar-refractivity contribution in [1.29, 1.82) is 0 Å². The second kappa shape index (κ2) is 6.47. The lowest BCUT2D eigenvalue weighted by molar-refractivity contribution is 0.434. The molecule has 1 unspecified atom stereocenters. The zero-order valence-corrected chi connectivity index (χ0v) is 13.4. The lowest BCUT2D eigenvalue weighted by atomic mass is 9.83. The number of allylic oxidation sites excluding steroid dienone is 2. The van der Waals surface area contributed by atoms with E-state index in [2.05, 4.69) is 56.3 Å². The summed E-state index contributed by atoms with van der Waals surface area (Å²) in [6.07, 6.45) is 10.5. The SMILES string of the molecule is CCCCC1CC=C(c2ccc3cc(C)ccc3c2)CC1. The van der Waals surface area contributed by atoms with Gasteiger partial charge >= 0.3 is 0 Å². The predicted octanol–water partition coefficient (Wildman–Crippen LogP) is 6.52. The summed E-state index contributed by atoms with van der Waals surface area (Å²) in [5.74, 6) is 0.928. The van der Waals surface area contributed by atoms with Crippen LogP contribution < -0.4 is 0 Å². The zero-order chi connectivity index (χ0) is 14.7. The number of unbranched alkanes of at least 4 members (excludes halogenated alkanes) is 1. The lowest BCUT2D eigenvalue weighted by Crippen LogP contribution is -2.05. The Balaban J connectivity index is 1.78. The molecule has 2 aromatic rings. The van der Waals surface area contributed by atoms with Gasteiger partial charge in [-0.1, -0.05) is 68.2 Å². The van der Waals surface area contributed by atoms with E-state index in [1.54, 1.807) is 5.57 Å². The molecular weight excluding hydrogens is 252 g/mol. The molecule has 1 atom stereocenters. The summed E-state index contributed by atoms with van der Waals surface area (Å²) in [4.78, 5) is 0. The third-order valence-electron chi connectivity index (χ3n) is 4.85. The Labute approximate surface area is 128 Å². The van der Waals surface area contributed by atoms with Gasteiger partial charge < -0.3 is 0 Å².